The van der Waals surface area contributed by atoms with Gasteiger partial charge in [0.25, 0.3) is 0 Å². The average Bonchev–Trinajstić information content (AvgIpc) is 2.71. The second-order valence-electron chi connectivity index (χ2n) is 7.21. The Morgan fingerprint density at radius 3 is 2.43 bits per heavy atom. The van der Waals surface area contributed by atoms with E-state index in [-0.39, 0.29) is 5.91 Å². The lowest BCUT2D eigenvalue weighted by Crippen LogP contribution is -2.49. The number of hydrogen-bond donors (Lipinski definition) is 2. The predicted octanol–water partition coefficient (Wildman–Crippen LogP) is 3.56. The van der Waals surface area contributed by atoms with Gasteiger partial charge in [0.15, 0.2) is 0 Å². The second kappa shape index (κ2) is 7.57. The fraction of sp³-hybridized carbons (Fsp3) is 0.882. The Bertz CT molecular complexity index is 375. The normalized spacial score (nSPS) is 29.4. The van der Waals surface area contributed by atoms with Crippen molar-refractivity contribution in [3.05, 3.63) is 0 Å². The summed E-state index contributed by atoms with van der Waals surface area (Å²) >= 11 is 5.27. The van der Waals surface area contributed by atoms with Gasteiger partial charge in [-0.05, 0) is 37.5 Å². The van der Waals surface area contributed by atoms with Gasteiger partial charge in [0.1, 0.15) is 0 Å². The third-order valence-electron chi connectivity index (χ3n) is 5.46. The van der Waals surface area contributed by atoms with E-state index in [1.165, 1.54) is 38.5 Å². The van der Waals surface area contributed by atoms with Gasteiger partial charge in [0.2, 0.25) is 5.91 Å². The fourth-order valence-electron chi connectivity index (χ4n) is 4.07. The molecule has 0 spiro atoms. The molecular formula is C17H30N2OS. The smallest absolute Gasteiger partial charge is 0.233 e. The highest BCUT2D eigenvalue weighted by molar-refractivity contribution is 7.80. The first-order chi connectivity index (χ1) is 10.0. The highest BCUT2D eigenvalue weighted by atomic mass is 32.1. The standard InChI is InChI=1S/C17H30N2OS/c1-13-7-6-8-14(11-13)12-19-16(20)17(15(18)21)9-4-2-3-5-10-17/h13-14H,2-12H2,1H3,(H2,18,21)(H,19,20). The van der Waals surface area contributed by atoms with Gasteiger partial charge < -0.3 is 11.1 Å². The summed E-state index contributed by atoms with van der Waals surface area (Å²) in [5.74, 6) is 1.52. The van der Waals surface area contributed by atoms with Crippen LogP contribution in [0.5, 0.6) is 0 Å². The summed E-state index contributed by atoms with van der Waals surface area (Å²) < 4.78 is 0. The Kier molecular flexibility index (Phi) is 6.03. The summed E-state index contributed by atoms with van der Waals surface area (Å²) in [4.78, 5) is 13.2. The van der Waals surface area contributed by atoms with E-state index < -0.39 is 5.41 Å². The molecule has 2 fully saturated rings. The molecule has 0 aromatic heterocycles. The summed E-state index contributed by atoms with van der Waals surface area (Å²) in [7, 11) is 0. The maximum atomic E-state index is 12.8. The Balaban J connectivity index is 1.93. The minimum atomic E-state index is -0.577. The highest BCUT2D eigenvalue weighted by Crippen LogP contribution is 2.36. The SMILES string of the molecule is CC1CCCC(CNC(=O)C2(C(N)=S)CCCCCC2)C1. The van der Waals surface area contributed by atoms with E-state index in [2.05, 4.69) is 12.2 Å². The topological polar surface area (TPSA) is 55.1 Å². The van der Waals surface area contributed by atoms with E-state index in [0.29, 0.717) is 10.9 Å². The molecule has 0 aromatic carbocycles. The van der Waals surface area contributed by atoms with Crippen LogP contribution in [-0.2, 0) is 4.79 Å². The summed E-state index contributed by atoms with van der Waals surface area (Å²) in [5, 5.41) is 3.19. The minimum Gasteiger partial charge on any atom is -0.392 e. The summed E-state index contributed by atoms with van der Waals surface area (Å²) in [6, 6.07) is 0. The highest BCUT2D eigenvalue weighted by Gasteiger charge is 2.41. The van der Waals surface area contributed by atoms with Crippen molar-refractivity contribution < 1.29 is 4.79 Å². The van der Waals surface area contributed by atoms with Gasteiger partial charge in [-0.2, -0.15) is 0 Å². The van der Waals surface area contributed by atoms with E-state index in [1.807, 2.05) is 0 Å². The van der Waals surface area contributed by atoms with E-state index >= 15 is 0 Å². The zero-order valence-corrected chi connectivity index (χ0v) is 14.1. The number of rotatable bonds is 4. The van der Waals surface area contributed by atoms with Gasteiger partial charge in [0, 0.05) is 6.54 Å². The van der Waals surface area contributed by atoms with Crippen molar-refractivity contribution >= 4 is 23.1 Å². The third kappa shape index (κ3) is 4.18. The molecule has 2 aliphatic carbocycles. The Labute approximate surface area is 134 Å². The molecule has 1 amide bonds. The molecule has 4 heteroatoms. The molecule has 3 nitrogen and oxygen atoms in total. The Morgan fingerprint density at radius 2 is 1.86 bits per heavy atom. The van der Waals surface area contributed by atoms with Gasteiger partial charge in [-0.3, -0.25) is 4.79 Å². The Morgan fingerprint density at radius 1 is 1.19 bits per heavy atom. The van der Waals surface area contributed by atoms with Crippen LogP contribution in [0.25, 0.3) is 0 Å². The lowest BCUT2D eigenvalue weighted by atomic mass is 9.78. The van der Waals surface area contributed by atoms with Crippen LogP contribution in [0.1, 0.15) is 71.1 Å². The van der Waals surface area contributed by atoms with Crippen molar-refractivity contribution in [3.8, 4) is 0 Å². The third-order valence-corrected chi connectivity index (χ3v) is 5.85. The number of carbonyl (C=O) groups is 1. The maximum Gasteiger partial charge on any atom is 0.233 e. The number of nitrogens with two attached hydrogens (primary N) is 1. The number of carbonyl (C=O) groups excluding carboxylic acids is 1. The van der Waals surface area contributed by atoms with Crippen LogP contribution >= 0.6 is 12.2 Å². The lowest BCUT2D eigenvalue weighted by Gasteiger charge is -2.32. The molecule has 0 heterocycles. The molecule has 2 aliphatic rings. The van der Waals surface area contributed by atoms with E-state index in [1.54, 1.807) is 0 Å². The zero-order valence-electron chi connectivity index (χ0n) is 13.3. The van der Waals surface area contributed by atoms with Crippen LogP contribution in [0, 0.1) is 17.3 Å². The van der Waals surface area contributed by atoms with E-state index in [4.69, 9.17) is 18.0 Å². The number of nitrogens with one attached hydrogen (secondary N) is 1. The molecule has 2 atom stereocenters. The first-order valence-electron chi connectivity index (χ1n) is 8.63. The van der Waals surface area contributed by atoms with Crippen LogP contribution in [0.3, 0.4) is 0 Å². The first-order valence-corrected chi connectivity index (χ1v) is 9.03. The summed E-state index contributed by atoms with van der Waals surface area (Å²) in [6.45, 7) is 3.11. The van der Waals surface area contributed by atoms with Gasteiger partial charge >= 0.3 is 0 Å². The van der Waals surface area contributed by atoms with Crippen molar-refractivity contribution in [1.82, 2.24) is 5.32 Å². The van der Waals surface area contributed by atoms with Gasteiger partial charge in [-0.25, -0.2) is 0 Å². The van der Waals surface area contributed by atoms with E-state index in [0.717, 1.165) is 38.1 Å². The van der Waals surface area contributed by atoms with Crippen molar-refractivity contribution in [1.29, 1.82) is 0 Å². The Hall–Kier alpha value is -0.640. The quantitative estimate of drug-likeness (QED) is 0.616. The summed E-state index contributed by atoms with van der Waals surface area (Å²) in [6.07, 6.45) is 11.3. The molecule has 3 N–H and O–H groups in total. The predicted molar refractivity (Wildman–Crippen MR) is 91.1 cm³/mol. The van der Waals surface area contributed by atoms with Crippen LogP contribution in [-0.4, -0.2) is 17.4 Å². The molecule has 21 heavy (non-hydrogen) atoms. The average molecular weight is 311 g/mol. The van der Waals surface area contributed by atoms with E-state index in [9.17, 15) is 4.79 Å². The summed E-state index contributed by atoms with van der Waals surface area (Å²) in [5.41, 5.74) is 5.40. The van der Waals surface area contributed by atoms with Crippen molar-refractivity contribution in [2.24, 2.45) is 23.0 Å². The van der Waals surface area contributed by atoms with Crippen molar-refractivity contribution in [2.45, 2.75) is 71.1 Å². The maximum absolute atomic E-state index is 12.8. The monoisotopic (exact) mass is 310 g/mol. The fourth-order valence-corrected chi connectivity index (χ4v) is 4.37. The van der Waals surface area contributed by atoms with Gasteiger partial charge in [-0.15, -0.1) is 0 Å². The number of hydrogen-bond acceptors (Lipinski definition) is 2. The van der Waals surface area contributed by atoms with Crippen molar-refractivity contribution in [3.63, 3.8) is 0 Å². The lowest BCUT2D eigenvalue weighted by molar-refractivity contribution is -0.128. The van der Waals surface area contributed by atoms with Crippen molar-refractivity contribution in [2.75, 3.05) is 6.54 Å². The molecule has 0 saturated heterocycles. The molecule has 120 valence electrons. The molecular weight excluding hydrogens is 280 g/mol. The number of thiocarbonyl (C=S) groups is 1. The van der Waals surface area contributed by atoms with Crippen LogP contribution in [0.15, 0.2) is 0 Å². The molecule has 0 radical (unpaired) electrons. The first kappa shape index (κ1) is 16.7. The molecule has 2 rings (SSSR count). The van der Waals surface area contributed by atoms with Crippen LogP contribution in [0.4, 0.5) is 0 Å². The molecule has 2 saturated carbocycles. The largest absolute Gasteiger partial charge is 0.392 e. The number of amides is 1. The van der Waals surface area contributed by atoms with Crippen LogP contribution in [0.2, 0.25) is 0 Å². The molecule has 0 aromatic rings. The minimum absolute atomic E-state index is 0.0927. The molecule has 0 aliphatic heterocycles. The zero-order chi connectivity index (χ0) is 15.3. The molecule has 2 unspecified atom stereocenters. The second-order valence-corrected chi connectivity index (χ2v) is 7.65. The van der Waals surface area contributed by atoms with Crippen LogP contribution < -0.4 is 11.1 Å². The molecule has 0 bridgehead atoms. The van der Waals surface area contributed by atoms with Gasteiger partial charge in [0.05, 0.1) is 10.4 Å². The van der Waals surface area contributed by atoms with Gasteiger partial charge in [-0.1, -0.05) is 57.7 Å².